The number of carboxylic acids is 1. The quantitative estimate of drug-likeness (QED) is 0.0310. The predicted octanol–water partition coefficient (Wildman–Crippen LogP) is 13.6. The smallest absolute Gasteiger partial charge is 0.316 e. The van der Waals surface area contributed by atoms with E-state index in [4.69, 9.17) is 9.84 Å². The van der Waals surface area contributed by atoms with Crippen LogP contribution in [0.3, 0.4) is 0 Å². The van der Waals surface area contributed by atoms with Gasteiger partial charge in [0.15, 0.2) is 0 Å². The van der Waals surface area contributed by atoms with Gasteiger partial charge in [-0.05, 0) is 51.4 Å². The van der Waals surface area contributed by atoms with Crippen LogP contribution in [0.1, 0.15) is 232 Å². The summed E-state index contributed by atoms with van der Waals surface area (Å²) in [6.07, 6.45) is 42.7. The molecule has 0 saturated carbocycles. The molecule has 0 amide bonds. The molecular formula is C42H78O5. The molecule has 0 heterocycles. The number of esters is 2. The molecule has 0 aromatic rings. The first kappa shape index (κ1) is 45.3. The molecule has 0 radical (unpaired) electrons. The summed E-state index contributed by atoms with van der Waals surface area (Å²) in [5.41, 5.74) is 0. The van der Waals surface area contributed by atoms with Gasteiger partial charge >= 0.3 is 17.9 Å². The molecule has 0 aliphatic carbocycles. The molecule has 47 heavy (non-hydrogen) atoms. The third-order valence-electron chi connectivity index (χ3n) is 9.54. The van der Waals surface area contributed by atoms with Crippen LogP contribution in [-0.4, -0.2) is 23.0 Å². The highest BCUT2D eigenvalue weighted by Gasteiger charge is 2.22. The van der Waals surface area contributed by atoms with Crippen molar-refractivity contribution >= 4 is 17.9 Å². The Morgan fingerprint density at radius 3 is 1.21 bits per heavy atom. The van der Waals surface area contributed by atoms with Crippen molar-refractivity contribution in [3.63, 3.8) is 0 Å². The van der Waals surface area contributed by atoms with E-state index in [0.717, 1.165) is 96.3 Å². The van der Waals surface area contributed by atoms with E-state index in [1.807, 2.05) is 0 Å². The van der Waals surface area contributed by atoms with Gasteiger partial charge in [-0.25, -0.2) is 0 Å². The number of unbranched alkanes of at least 4 members (excludes halogenated alkanes) is 26. The number of aliphatic carboxylic acids is 1. The Labute approximate surface area is 291 Å². The van der Waals surface area contributed by atoms with Crippen LogP contribution in [0, 0.1) is 5.92 Å². The van der Waals surface area contributed by atoms with E-state index in [1.54, 1.807) is 0 Å². The molecule has 0 aliphatic rings. The maximum Gasteiger partial charge on any atom is 0.316 e. The third kappa shape index (κ3) is 35.5. The zero-order valence-corrected chi connectivity index (χ0v) is 31.4. The number of rotatable bonds is 37. The molecule has 276 valence electrons. The highest BCUT2D eigenvalue weighted by Crippen LogP contribution is 2.22. The maximum atomic E-state index is 13.0. The monoisotopic (exact) mass is 663 g/mol. The lowest BCUT2D eigenvalue weighted by molar-refractivity contribution is -0.163. The van der Waals surface area contributed by atoms with Crippen molar-refractivity contribution in [3.8, 4) is 0 Å². The Kier molecular flexibility index (Phi) is 35.9. The minimum atomic E-state index is -0.715. The Hall–Kier alpha value is -1.65. The maximum absolute atomic E-state index is 13.0. The van der Waals surface area contributed by atoms with Crippen LogP contribution in [-0.2, 0) is 19.1 Å². The Morgan fingerprint density at radius 2 is 0.809 bits per heavy atom. The topological polar surface area (TPSA) is 80.7 Å². The van der Waals surface area contributed by atoms with Crippen LogP contribution in [0.5, 0.6) is 0 Å². The summed E-state index contributed by atoms with van der Waals surface area (Å²) in [5, 5.41) is 8.70. The van der Waals surface area contributed by atoms with Crippen LogP contribution >= 0.6 is 0 Å². The van der Waals surface area contributed by atoms with Crippen molar-refractivity contribution in [1.29, 1.82) is 0 Å². The minimum Gasteiger partial charge on any atom is -0.481 e. The average Bonchev–Trinajstić information content (AvgIpc) is 3.05. The number of carboxylic acid groups (broad SMARTS) is 1. The van der Waals surface area contributed by atoms with Crippen molar-refractivity contribution in [2.24, 2.45) is 5.92 Å². The molecule has 1 unspecified atom stereocenters. The lowest BCUT2D eigenvalue weighted by Gasteiger charge is -2.15. The first-order chi connectivity index (χ1) is 23.0. The molecule has 0 aromatic carbocycles. The lowest BCUT2D eigenvalue weighted by atomic mass is 9.94. The van der Waals surface area contributed by atoms with Crippen molar-refractivity contribution in [1.82, 2.24) is 0 Å². The van der Waals surface area contributed by atoms with E-state index < -0.39 is 5.97 Å². The van der Waals surface area contributed by atoms with Gasteiger partial charge in [0, 0.05) is 12.8 Å². The van der Waals surface area contributed by atoms with E-state index >= 15 is 0 Å². The van der Waals surface area contributed by atoms with Crippen LogP contribution < -0.4 is 0 Å². The van der Waals surface area contributed by atoms with Gasteiger partial charge in [-0.2, -0.15) is 0 Å². The molecular weight excluding hydrogens is 584 g/mol. The molecule has 0 aromatic heterocycles. The fourth-order valence-electron chi connectivity index (χ4n) is 6.40. The molecule has 5 nitrogen and oxygen atoms in total. The molecule has 0 rings (SSSR count). The molecule has 1 atom stereocenters. The van der Waals surface area contributed by atoms with Gasteiger partial charge < -0.3 is 9.84 Å². The van der Waals surface area contributed by atoms with E-state index in [0.29, 0.717) is 6.42 Å². The van der Waals surface area contributed by atoms with Gasteiger partial charge in [0.05, 0.1) is 5.92 Å². The molecule has 5 heteroatoms. The highest BCUT2D eigenvalue weighted by atomic mass is 16.6. The summed E-state index contributed by atoms with van der Waals surface area (Å²) in [5.74, 6) is -1.51. The second-order valence-corrected chi connectivity index (χ2v) is 14.2. The van der Waals surface area contributed by atoms with Crippen LogP contribution in [0.15, 0.2) is 12.2 Å². The second-order valence-electron chi connectivity index (χ2n) is 14.2. The summed E-state index contributed by atoms with van der Waals surface area (Å²) in [7, 11) is 0. The van der Waals surface area contributed by atoms with Gasteiger partial charge in [0.25, 0.3) is 0 Å². The normalized spacial score (nSPS) is 12.1. The van der Waals surface area contributed by atoms with Crippen LogP contribution in [0.25, 0.3) is 0 Å². The summed E-state index contributed by atoms with van der Waals surface area (Å²) in [6, 6.07) is 0. The SMILES string of the molecule is CCCCCCCC/C=C\CCCCCCC(CCCCCCCCCCCC)C(=O)OC(=O)CCCCCCCCCCC(=O)O. The lowest BCUT2D eigenvalue weighted by Crippen LogP contribution is -2.21. The van der Waals surface area contributed by atoms with Crippen molar-refractivity contribution in [3.05, 3.63) is 12.2 Å². The average molecular weight is 663 g/mol. The van der Waals surface area contributed by atoms with E-state index in [-0.39, 0.29) is 24.3 Å². The highest BCUT2D eigenvalue weighted by molar-refractivity contribution is 5.86. The number of carbonyl (C=O) groups excluding carboxylic acids is 2. The second kappa shape index (κ2) is 37.2. The molecule has 1 N–H and O–H groups in total. The fourth-order valence-corrected chi connectivity index (χ4v) is 6.40. The summed E-state index contributed by atoms with van der Waals surface area (Å²) < 4.78 is 5.38. The number of hydrogen-bond donors (Lipinski definition) is 1. The first-order valence-corrected chi connectivity index (χ1v) is 20.6. The number of carbonyl (C=O) groups is 3. The predicted molar refractivity (Wildman–Crippen MR) is 200 cm³/mol. The third-order valence-corrected chi connectivity index (χ3v) is 9.54. The summed E-state index contributed by atoms with van der Waals surface area (Å²) in [4.78, 5) is 36.1. The van der Waals surface area contributed by atoms with Gasteiger partial charge in [-0.3, -0.25) is 14.4 Å². The van der Waals surface area contributed by atoms with Gasteiger partial charge in [0.1, 0.15) is 0 Å². The van der Waals surface area contributed by atoms with Gasteiger partial charge in [0.2, 0.25) is 0 Å². The van der Waals surface area contributed by atoms with Crippen molar-refractivity contribution < 1.29 is 24.2 Å². The van der Waals surface area contributed by atoms with Gasteiger partial charge in [-0.1, -0.05) is 180 Å². The molecule has 0 bridgehead atoms. The molecule has 0 fully saturated rings. The largest absolute Gasteiger partial charge is 0.481 e. The molecule has 0 aliphatic heterocycles. The molecule has 0 spiro atoms. The standard InChI is InChI=1S/C42H78O5/c1-3-5-7-9-11-13-15-16-17-18-20-24-28-32-36-39(35-31-27-23-19-14-12-10-8-6-4-2)42(46)47-41(45)38-34-30-26-22-21-25-29-33-37-40(43)44/h16-17,39H,3-15,18-38H2,1-2H3,(H,43,44)/b17-16-. The van der Waals surface area contributed by atoms with Crippen LogP contribution in [0.2, 0.25) is 0 Å². The van der Waals surface area contributed by atoms with Crippen molar-refractivity contribution in [2.75, 3.05) is 0 Å². The molecule has 0 saturated heterocycles. The van der Waals surface area contributed by atoms with Gasteiger partial charge in [-0.15, -0.1) is 0 Å². The number of hydrogen-bond acceptors (Lipinski definition) is 4. The van der Waals surface area contributed by atoms with Crippen molar-refractivity contribution in [2.45, 2.75) is 232 Å². The minimum absolute atomic E-state index is 0.147. The number of allylic oxidation sites excluding steroid dienone is 2. The Balaban J connectivity index is 4.25. The fraction of sp³-hybridized carbons (Fsp3) is 0.881. The van der Waals surface area contributed by atoms with E-state index in [9.17, 15) is 14.4 Å². The van der Waals surface area contributed by atoms with E-state index in [2.05, 4.69) is 26.0 Å². The first-order valence-electron chi connectivity index (χ1n) is 20.6. The zero-order chi connectivity index (χ0) is 34.5. The zero-order valence-electron chi connectivity index (χ0n) is 31.4. The Morgan fingerprint density at radius 1 is 0.468 bits per heavy atom. The summed E-state index contributed by atoms with van der Waals surface area (Å²) >= 11 is 0. The Bertz CT molecular complexity index is 731. The van der Waals surface area contributed by atoms with Crippen LogP contribution in [0.4, 0.5) is 0 Å². The van der Waals surface area contributed by atoms with E-state index in [1.165, 1.54) is 109 Å². The summed E-state index contributed by atoms with van der Waals surface area (Å²) in [6.45, 7) is 4.53. The number of ether oxygens (including phenoxy) is 1.